The van der Waals surface area contributed by atoms with E-state index in [4.69, 9.17) is 5.14 Å². The molecule has 1 amide bonds. The van der Waals surface area contributed by atoms with Gasteiger partial charge in [0.15, 0.2) is 0 Å². The van der Waals surface area contributed by atoms with Gasteiger partial charge < -0.3 is 10.4 Å². The monoisotopic (exact) mass is 310 g/mol. The van der Waals surface area contributed by atoms with Crippen LogP contribution in [-0.2, 0) is 10.0 Å². The van der Waals surface area contributed by atoms with E-state index in [1.807, 2.05) is 0 Å². The summed E-state index contributed by atoms with van der Waals surface area (Å²) in [6, 6.07) is 8.17. The van der Waals surface area contributed by atoms with E-state index in [2.05, 4.69) is 5.32 Å². The minimum absolute atomic E-state index is 0.148. The molecule has 0 saturated heterocycles. The van der Waals surface area contributed by atoms with Gasteiger partial charge in [0.25, 0.3) is 5.91 Å². The molecule has 0 bridgehead atoms. The molecule has 0 spiro atoms. The van der Waals surface area contributed by atoms with E-state index in [0.717, 1.165) is 24.3 Å². The molecular weight excluding hydrogens is 299 g/mol. The van der Waals surface area contributed by atoms with E-state index >= 15 is 0 Å². The Morgan fingerprint density at radius 1 is 1.19 bits per heavy atom. The minimum Gasteiger partial charge on any atom is -0.507 e. The van der Waals surface area contributed by atoms with E-state index in [1.54, 1.807) is 0 Å². The number of amides is 1. The number of nitrogens with one attached hydrogen (secondary N) is 1. The summed E-state index contributed by atoms with van der Waals surface area (Å²) in [7, 11) is -3.90. The molecule has 0 aliphatic rings. The number of carbonyl (C=O) groups excluding carboxylic acids is 1. The van der Waals surface area contributed by atoms with Crippen LogP contribution in [0, 0.1) is 5.82 Å². The number of carbonyl (C=O) groups is 1. The number of primary sulfonamides is 1. The highest BCUT2D eigenvalue weighted by Crippen LogP contribution is 2.20. The number of nitrogens with two attached hydrogens (primary N) is 1. The molecule has 0 fully saturated rings. The van der Waals surface area contributed by atoms with Crippen LogP contribution in [0.5, 0.6) is 5.75 Å². The van der Waals surface area contributed by atoms with Crippen molar-refractivity contribution in [3.05, 3.63) is 53.8 Å². The summed E-state index contributed by atoms with van der Waals surface area (Å²) in [6.45, 7) is 0. The Morgan fingerprint density at radius 2 is 1.90 bits per heavy atom. The Kier molecular flexibility index (Phi) is 3.92. The van der Waals surface area contributed by atoms with Crippen LogP contribution >= 0.6 is 0 Å². The third-order valence-corrected chi connectivity index (χ3v) is 3.53. The van der Waals surface area contributed by atoms with Crippen molar-refractivity contribution in [1.82, 2.24) is 0 Å². The number of benzene rings is 2. The number of hydrogen-bond acceptors (Lipinski definition) is 4. The number of halogens is 1. The zero-order valence-electron chi connectivity index (χ0n) is 10.6. The van der Waals surface area contributed by atoms with Crippen molar-refractivity contribution in [2.24, 2.45) is 5.14 Å². The predicted octanol–water partition coefficient (Wildman–Crippen LogP) is 1.43. The molecule has 0 unspecified atom stereocenters. The fourth-order valence-electron chi connectivity index (χ4n) is 1.64. The number of sulfonamides is 1. The summed E-state index contributed by atoms with van der Waals surface area (Å²) in [5.41, 5.74) is -0.119. The Bertz CT molecular complexity index is 806. The Labute approximate surface area is 120 Å². The highest BCUT2D eigenvalue weighted by molar-refractivity contribution is 7.89. The number of hydrogen-bond donors (Lipinski definition) is 3. The Morgan fingerprint density at radius 3 is 2.57 bits per heavy atom. The number of phenols is 1. The summed E-state index contributed by atoms with van der Waals surface area (Å²) >= 11 is 0. The summed E-state index contributed by atoms with van der Waals surface area (Å²) in [6.07, 6.45) is 0. The SMILES string of the molecule is NS(=O)(=O)c1cccc(NC(=O)c2cc(F)ccc2O)c1. The predicted molar refractivity (Wildman–Crippen MR) is 73.8 cm³/mol. The third kappa shape index (κ3) is 3.56. The summed E-state index contributed by atoms with van der Waals surface area (Å²) in [5.74, 6) is -1.86. The van der Waals surface area contributed by atoms with Crippen molar-refractivity contribution in [3.63, 3.8) is 0 Å². The lowest BCUT2D eigenvalue weighted by molar-refractivity contribution is 0.102. The molecule has 6 nitrogen and oxygen atoms in total. The molecule has 0 heterocycles. The van der Waals surface area contributed by atoms with Gasteiger partial charge in [-0.2, -0.15) is 0 Å². The van der Waals surface area contributed by atoms with Crippen molar-refractivity contribution in [3.8, 4) is 5.75 Å². The molecule has 2 rings (SSSR count). The fourth-order valence-corrected chi connectivity index (χ4v) is 2.20. The number of aromatic hydroxyl groups is 1. The van der Waals surface area contributed by atoms with E-state index in [-0.39, 0.29) is 16.1 Å². The van der Waals surface area contributed by atoms with Crippen molar-refractivity contribution in [1.29, 1.82) is 0 Å². The van der Waals surface area contributed by atoms with Crippen molar-refractivity contribution in [2.75, 3.05) is 5.32 Å². The molecular formula is C13H11FN2O4S. The molecule has 110 valence electrons. The van der Waals surface area contributed by atoms with Gasteiger partial charge in [-0.3, -0.25) is 4.79 Å². The van der Waals surface area contributed by atoms with E-state index in [1.165, 1.54) is 18.2 Å². The molecule has 0 saturated carbocycles. The van der Waals surface area contributed by atoms with E-state index in [9.17, 15) is 22.7 Å². The molecule has 2 aromatic rings. The molecule has 0 radical (unpaired) electrons. The van der Waals surface area contributed by atoms with Crippen LogP contribution in [0.4, 0.5) is 10.1 Å². The lowest BCUT2D eigenvalue weighted by Gasteiger charge is -2.08. The first-order chi connectivity index (χ1) is 9.77. The zero-order valence-corrected chi connectivity index (χ0v) is 11.4. The second kappa shape index (κ2) is 5.51. The summed E-state index contributed by atoms with van der Waals surface area (Å²) in [4.78, 5) is 11.8. The van der Waals surface area contributed by atoms with Gasteiger partial charge in [-0.1, -0.05) is 6.07 Å². The Balaban J connectivity index is 2.30. The van der Waals surface area contributed by atoms with Crippen LogP contribution in [0.2, 0.25) is 0 Å². The molecule has 0 aliphatic heterocycles. The molecule has 0 aliphatic carbocycles. The van der Waals surface area contributed by atoms with Crippen molar-refractivity contribution in [2.45, 2.75) is 4.90 Å². The second-order valence-corrected chi connectivity index (χ2v) is 5.75. The van der Waals surface area contributed by atoms with Gasteiger partial charge in [-0.05, 0) is 36.4 Å². The molecule has 8 heteroatoms. The number of anilines is 1. The maximum atomic E-state index is 13.1. The van der Waals surface area contributed by atoms with Crippen molar-refractivity contribution >= 4 is 21.6 Å². The average molecular weight is 310 g/mol. The molecule has 4 N–H and O–H groups in total. The Hall–Kier alpha value is -2.45. The molecule has 0 atom stereocenters. The fraction of sp³-hybridized carbons (Fsp3) is 0. The largest absolute Gasteiger partial charge is 0.507 e. The smallest absolute Gasteiger partial charge is 0.259 e. The van der Waals surface area contributed by atoms with Crippen LogP contribution in [0.15, 0.2) is 47.4 Å². The normalized spacial score (nSPS) is 11.1. The third-order valence-electron chi connectivity index (χ3n) is 2.62. The van der Waals surface area contributed by atoms with Gasteiger partial charge in [0, 0.05) is 5.69 Å². The van der Waals surface area contributed by atoms with Gasteiger partial charge in [-0.15, -0.1) is 0 Å². The van der Waals surface area contributed by atoms with Crippen LogP contribution in [0.3, 0.4) is 0 Å². The van der Waals surface area contributed by atoms with Crippen LogP contribution in [0.1, 0.15) is 10.4 Å². The van der Waals surface area contributed by atoms with E-state index in [0.29, 0.717) is 0 Å². The average Bonchev–Trinajstić information content (AvgIpc) is 2.41. The minimum atomic E-state index is -3.90. The van der Waals surface area contributed by atoms with Crippen LogP contribution in [0.25, 0.3) is 0 Å². The first-order valence-electron chi connectivity index (χ1n) is 5.70. The van der Waals surface area contributed by atoms with Gasteiger partial charge in [0.1, 0.15) is 11.6 Å². The lowest BCUT2D eigenvalue weighted by atomic mass is 10.1. The summed E-state index contributed by atoms with van der Waals surface area (Å²) < 4.78 is 35.5. The van der Waals surface area contributed by atoms with Crippen molar-refractivity contribution < 1.29 is 22.7 Å². The zero-order chi connectivity index (χ0) is 15.6. The lowest BCUT2D eigenvalue weighted by Crippen LogP contribution is -2.15. The molecule has 21 heavy (non-hydrogen) atoms. The van der Waals surface area contributed by atoms with Gasteiger partial charge >= 0.3 is 0 Å². The summed E-state index contributed by atoms with van der Waals surface area (Å²) in [5, 5.41) is 16.9. The highest BCUT2D eigenvalue weighted by Gasteiger charge is 2.14. The first kappa shape index (κ1) is 14.9. The quantitative estimate of drug-likeness (QED) is 0.796. The maximum absolute atomic E-state index is 13.1. The standard InChI is InChI=1S/C13H11FN2O4S/c14-8-4-5-12(17)11(6-8)13(18)16-9-2-1-3-10(7-9)21(15,19)20/h1-7,17H,(H,16,18)(H2,15,19,20). The first-order valence-corrected chi connectivity index (χ1v) is 7.25. The molecule has 2 aromatic carbocycles. The molecule has 0 aromatic heterocycles. The van der Waals surface area contributed by atoms with Crippen LogP contribution < -0.4 is 10.5 Å². The van der Waals surface area contributed by atoms with E-state index < -0.39 is 27.5 Å². The van der Waals surface area contributed by atoms with Gasteiger partial charge in [-0.25, -0.2) is 17.9 Å². The number of rotatable bonds is 3. The van der Waals surface area contributed by atoms with Gasteiger partial charge in [0.05, 0.1) is 10.5 Å². The second-order valence-electron chi connectivity index (χ2n) is 4.19. The van der Waals surface area contributed by atoms with Crippen LogP contribution in [-0.4, -0.2) is 19.4 Å². The topological polar surface area (TPSA) is 109 Å². The highest BCUT2D eigenvalue weighted by atomic mass is 32.2. The van der Waals surface area contributed by atoms with Gasteiger partial charge in [0.2, 0.25) is 10.0 Å². The maximum Gasteiger partial charge on any atom is 0.259 e. The number of phenolic OH excluding ortho intramolecular Hbond substituents is 1.